The van der Waals surface area contributed by atoms with E-state index < -0.39 is 0 Å². The standard InChI is InChI=1S/C21H29ClN4O/c1-23-20(26(3)15-19-8-5-11-25(19)2)24-16-21(9-12-27-13-10-21)17-6-4-7-18(22)14-17/h4-8,11,14H,9-10,12-13,15-16H2,1-3H3,(H,23,24). The number of hydrogen-bond donors (Lipinski definition) is 1. The Balaban J connectivity index is 1.73. The first-order chi connectivity index (χ1) is 13.0. The van der Waals surface area contributed by atoms with Crippen LogP contribution in [0.2, 0.25) is 5.02 Å². The van der Waals surface area contributed by atoms with Gasteiger partial charge >= 0.3 is 0 Å². The van der Waals surface area contributed by atoms with Gasteiger partial charge in [-0.1, -0.05) is 23.7 Å². The van der Waals surface area contributed by atoms with E-state index in [0.29, 0.717) is 0 Å². The van der Waals surface area contributed by atoms with Crippen LogP contribution in [0.25, 0.3) is 0 Å². The number of benzene rings is 1. The Bertz CT molecular complexity index is 780. The molecule has 2 heterocycles. The summed E-state index contributed by atoms with van der Waals surface area (Å²) < 4.78 is 7.77. The smallest absolute Gasteiger partial charge is 0.193 e. The van der Waals surface area contributed by atoms with E-state index in [1.165, 1.54) is 11.3 Å². The summed E-state index contributed by atoms with van der Waals surface area (Å²) in [7, 11) is 5.97. The maximum Gasteiger partial charge on any atom is 0.193 e. The number of rotatable bonds is 5. The van der Waals surface area contributed by atoms with Crippen LogP contribution < -0.4 is 5.32 Å². The highest BCUT2D eigenvalue weighted by Crippen LogP contribution is 2.35. The molecule has 0 radical (unpaired) electrons. The van der Waals surface area contributed by atoms with Crippen molar-refractivity contribution in [3.05, 3.63) is 58.9 Å². The van der Waals surface area contributed by atoms with Gasteiger partial charge in [0.15, 0.2) is 5.96 Å². The van der Waals surface area contributed by atoms with E-state index in [9.17, 15) is 0 Å². The summed E-state index contributed by atoms with van der Waals surface area (Å²) in [6.45, 7) is 3.15. The molecule has 0 amide bonds. The largest absolute Gasteiger partial charge is 0.381 e. The van der Waals surface area contributed by atoms with Gasteiger partial charge in [0.2, 0.25) is 0 Å². The van der Waals surface area contributed by atoms with Crippen molar-refractivity contribution in [3.63, 3.8) is 0 Å². The second kappa shape index (κ2) is 8.81. The third-order valence-corrected chi connectivity index (χ3v) is 5.73. The quantitative estimate of drug-likeness (QED) is 0.630. The number of guanidine groups is 1. The van der Waals surface area contributed by atoms with Gasteiger partial charge in [-0.05, 0) is 42.7 Å². The molecule has 1 aliphatic rings. The van der Waals surface area contributed by atoms with Gasteiger partial charge in [-0.2, -0.15) is 0 Å². The summed E-state index contributed by atoms with van der Waals surface area (Å²) in [6.07, 6.45) is 4.01. The molecule has 0 spiro atoms. The Kier molecular flexibility index (Phi) is 6.45. The van der Waals surface area contributed by atoms with Crippen LogP contribution in [-0.2, 0) is 23.7 Å². The summed E-state index contributed by atoms with van der Waals surface area (Å²) in [5.41, 5.74) is 2.52. The van der Waals surface area contributed by atoms with Gasteiger partial charge in [0.05, 0.1) is 6.54 Å². The van der Waals surface area contributed by atoms with Crippen LogP contribution in [0.4, 0.5) is 0 Å². The highest BCUT2D eigenvalue weighted by Gasteiger charge is 2.35. The molecule has 6 heteroatoms. The summed E-state index contributed by atoms with van der Waals surface area (Å²) >= 11 is 6.27. The fourth-order valence-corrected chi connectivity index (χ4v) is 3.95. The van der Waals surface area contributed by atoms with E-state index in [1.54, 1.807) is 0 Å². The van der Waals surface area contributed by atoms with E-state index in [4.69, 9.17) is 16.3 Å². The lowest BCUT2D eigenvalue weighted by atomic mass is 9.74. The van der Waals surface area contributed by atoms with Gasteiger partial charge in [0, 0.05) is 63.2 Å². The third-order valence-electron chi connectivity index (χ3n) is 5.50. The molecule has 1 aliphatic heterocycles. The number of hydrogen-bond acceptors (Lipinski definition) is 2. The Labute approximate surface area is 167 Å². The second-order valence-corrected chi connectivity index (χ2v) is 7.71. The zero-order chi connectivity index (χ0) is 19.3. The van der Waals surface area contributed by atoms with Gasteiger partial charge in [-0.15, -0.1) is 0 Å². The van der Waals surface area contributed by atoms with Gasteiger partial charge in [0.25, 0.3) is 0 Å². The topological polar surface area (TPSA) is 41.8 Å². The molecule has 2 aromatic rings. The first-order valence-electron chi connectivity index (χ1n) is 9.40. The molecule has 0 bridgehead atoms. The maximum absolute atomic E-state index is 6.27. The fraction of sp³-hybridized carbons (Fsp3) is 0.476. The van der Waals surface area contributed by atoms with Crippen LogP contribution >= 0.6 is 11.6 Å². The lowest BCUT2D eigenvalue weighted by Crippen LogP contribution is -2.48. The summed E-state index contributed by atoms with van der Waals surface area (Å²) in [4.78, 5) is 6.64. The molecular formula is C21H29ClN4O. The number of nitrogens with zero attached hydrogens (tertiary/aromatic N) is 3. The number of ether oxygens (including phenoxy) is 1. The monoisotopic (exact) mass is 388 g/mol. The van der Waals surface area contributed by atoms with Crippen molar-refractivity contribution >= 4 is 17.6 Å². The Morgan fingerprint density at radius 1 is 1.30 bits per heavy atom. The normalized spacial score (nSPS) is 17.0. The van der Waals surface area contributed by atoms with Crippen LogP contribution in [-0.4, -0.2) is 49.3 Å². The van der Waals surface area contributed by atoms with Gasteiger partial charge in [0.1, 0.15) is 0 Å². The molecule has 0 atom stereocenters. The predicted molar refractivity (Wildman–Crippen MR) is 111 cm³/mol. The molecule has 146 valence electrons. The van der Waals surface area contributed by atoms with Crippen molar-refractivity contribution in [1.29, 1.82) is 0 Å². The first-order valence-corrected chi connectivity index (χ1v) is 9.78. The number of halogens is 1. The average Bonchev–Trinajstić information content (AvgIpc) is 3.07. The van der Waals surface area contributed by atoms with E-state index in [-0.39, 0.29) is 5.41 Å². The molecule has 1 aromatic heterocycles. The SMILES string of the molecule is CN=C(NCC1(c2cccc(Cl)c2)CCOCC1)N(C)Cc1cccn1C. The van der Waals surface area contributed by atoms with Gasteiger partial charge in [-0.25, -0.2) is 0 Å². The lowest BCUT2D eigenvalue weighted by Gasteiger charge is -2.39. The van der Waals surface area contributed by atoms with Crippen molar-refractivity contribution in [2.75, 3.05) is 33.9 Å². The van der Waals surface area contributed by atoms with E-state index in [0.717, 1.165) is 50.1 Å². The van der Waals surface area contributed by atoms with Crippen LogP contribution in [0.15, 0.2) is 47.6 Å². The molecule has 1 N–H and O–H groups in total. The molecule has 27 heavy (non-hydrogen) atoms. The average molecular weight is 389 g/mol. The van der Waals surface area contributed by atoms with Crippen LogP contribution in [0, 0.1) is 0 Å². The van der Waals surface area contributed by atoms with Crippen LogP contribution in [0.1, 0.15) is 24.1 Å². The summed E-state index contributed by atoms with van der Waals surface area (Å²) in [5.74, 6) is 0.893. The molecule has 0 unspecified atom stereocenters. The van der Waals surface area contributed by atoms with Crippen molar-refractivity contribution in [3.8, 4) is 0 Å². The molecule has 1 aromatic carbocycles. The van der Waals surface area contributed by atoms with E-state index in [2.05, 4.69) is 64.3 Å². The molecule has 3 rings (SSSR count). The van der Waals surface area contributed by atoms with E-state index >= 15 is 0 Å². The van der Waals surface area contributed by atoms with Crippen LogP contribution in [0.3, 0.4) is 0 Å². The highest BCUT2D eigenvalue weighted by atomic mass is 35.5. The molecule has 1 saturated heterocycles. The van der Waals surface area contributed by atoms with Crippen molar-refractivity contribution < 1.29 is 4.74 Å². The Morgan fingerprint density at radius 3 is 2.70 bits per heavy atom. The molecule has 1 fully saturated rings. The zero-order valence-electron chi connectivity index (χ0n) is 16.4. The predicted octanol–water partition coefficient (Wildman–Crippen LogP) is 3.43. The highest BCUT2D eigenvalue weighted by molar-refractivity contribution is 6.30. The minimum Gasteiger partial charge on any atom is -0.381 e. The molecule has 0 saturated carbocycles. The third kappa shape index (κ3) is 4.66. The fourth-order valence-electron chi connectivity index (χ4n) is 3.76. The molecular weight excluding hydrogens is 360 g/mol. The number of nitrogens with one attached hydrogen (secondary N) is 1. The summed E-state index contributed by atoms with van der Waals surface area (Å²) in [6, 6.07) is 12.4. The molecule has 5 nitrogen and oxygen atoms in total. The minimum absolute atomic E-state index is 0.00486. The number of aromatic nitrogens is 1. The minimum atomic E-state index is 0.00486. The Morgan fingerprint density at radius 2 is 2.07 bits per heavy atom. The van der Waals surface area contributed by atoms with Crippen LogP contribution in [0.5, 0.6) is 0 Å². The Hall–Kier alpha value is -1.98. The van der Waals surface area contributed by atoms with Gasteiger partial charge < -0.3 is 19.5 Å². The van der Waals surface area contributed by atoms with Crippen molar-refractivity contribution in [2.24, 2.45) is 12.0 Å². The van der Waals surface area contributed by atoms with Crippen molar-refractivity contribution in [2.45, 2.75) is 24.8 Å². The van der Waals surface area contributed by atoms with Crippen molar-refractivity contribution in [1.82, 2.24) is 14.8 Å². The number of aryl methyl sites for hydroxylation is 1. The van der Waals surface area contributed by atoms with Gasteiger partial charge in [-0.3, -0.25) is 4.99 Å². The number of aliphatic imine (C=N–C) groups is 1. The first kappa shape index (κ1) is 19.8. The summed E-state index contributed by atoms with van der Waals surface area (Å²) in [5, 5.41) is 4.38. The van der Waals surface area contributed by atoms with E-state index in [1.807, 2.05) is 19.2 Å². The lowest BCUT2D eigenvalue weighted by molar-refractivity contribution is 0.0512. The zero-order valence-corrected chi connectivity index (χ0v) is 17.2. The molecule has 0 aliphatic carbocycles. The second-order valence-electron chi connectivity index (χ2n) is 7.27. The maximum atomic E-state index is 6.27.